The van der Waals surface area contributed by atoms with Gasteiger partial charge in [-0.3, -0.25) is 0 Å². The van der Waals surface area contributed by atoms with E-state index in [-0.39, 0.29) is 0 Å². The number of alkyl halides is 3. The van der Waals surface area contributed by atoms with Crippen molar-refractivity contribution >= 4 is 0 Å². The van der Waals surface area contributed by atoms with Crippen LogP contribution in [-0.4, -0.2) is 16.9 Å². The van der Waals surface area contributed by atoms with E-state index < -0.39 is 22.7 Å². The predicted molar refractivity (Wildman–Crippen MR) is 28.9 cm³/mol. The van der Waals surface area contributed by atoms with Gasteiger partial charge >= 0.3 is 6.30 Å². The first-order valence-corrected chi connectivity index (χ1v) is 2.74. The third kappa shape index (κ3) is 1.34. The van der Waals surface area contributed by atoms with Gasteiger partial charge in [-0.2, -0.15) is 9.49 Å². The van der Waals surface area contributed by atoms with E-state index in [4.69, 9.17) is 0 Å². The fourth-order valence-electron chi connectivity index (χ4n) is 0.628. The van der Waals surface area contributed by atoms with Crippen molar-refractivity contribution < 1.29 is 22.3 Å². The normalized spacial score (nSPS) is 11.8. The monoisotopic (exact) mass is 183 g/mol. The minimum Gasteiger partial charge on any atom is -0.479 e. The quantitative estimate of drug-likeness (QED) is 0.613. The second-order valence-electron chi connectivity index (χ2n) is 1.81. The molecule has 0 aromatic carbocycles. The smallest absolute Gasteiger partial charge is 0.479 e. The van der Waals surface area contributed by atoms with Crippen molar-refractivity contribution in [1.82, 2.24) is 9.78 Å². The molecule has 0 aliphatic carbocycles. The molecular weight excluding hydrogens is 180 g/mol. The minimum absolute atomic E-state index is 0.539. The highest BCUT2D eigenvalue weighted by Gasteiger charge is 2.36. The molecule has 7 heteroatoms. The van der Waals surface area contributed by atoms with Crippen molar-refractivity contribution in [3.05, 3.63) is 12.0 Å². The number of methoxy groups -OCH3 is 1. The van der Waals surface area contributed by atoms with E-state index >= 15 is 0 Å². The molecule has 0 aliphatic heterocycles. The zero-order valence-corrected chi connectivity index (χ0v) is 5.81. The lowest BCUT2D eigenvalue weighted by molar-refractivity contribution is -0.215. The lowest BCUT2D eigenvalue weighted by Gasteiger charge is -2.08. The average molecular weight is 183 g/mol. The van der Waals surface area contributed by atoms with Crippen LogP contribution in [0.3, 0.4) is 0 Å². The van der Waals surface area contributed by atoms with Crippen LogP contribution in [0.1, 0.15) is 0 Å². The Balaban J connectivity index is 3.16. The number of ether oxygens (including phenoxy) is 1. The standard InChI is InChI=1S/C5H3F4N2O/c1-12-4-3(6)2-10-11(4)5(7,8)9/h1H3. The number of rotatable bonds is 1. The molecule has 0 fully saturated rings. The van der Waals surface area contributed by atoms with Crippen LogP contribution in [-0.2, 0) is 6.30 Å². The Morgan fingerprint density at radius 1 is 1.50 bits per heavy atom. The minimum atomic E-state index is -4.79. The molecule has 0 bridgehead atoms. The molecule has 3 nitrogen and oxygen atoms in total. The molecule has 1 aromatic rings. The highest BCUT2D eigenvalue weighted by molar-refractivity contribution is 5.10. The van der Waals surface area contributed by atoms with Crippen molar-refractivity contribution in [2.75, 3.05) is 7.11 Å². The van der Waals surface area contributed by atoms with Crippen LogP contribution >= 0.6 is 0 Å². The Kier molecular flexibility index (Phi) is 1.95. The zero-order chi connectivity index (χ0) is 9.35. The van der Waals surface area contributed by atoms with E-state index in [1.165, 1.54) is 6.20 Å². The van der Waals surface area contributed by atoms with Gasteiger partial charge in [-0.15, -0.1) is 17.9 Å². The van der Waals surface area contributed by atoms with Crippen molar-refractivity contribution in [3.8, 4) is 5.88 Å². The lowest BCUT2D eigenvalue weighted by Crippen LogP contribution is -2.19. The molecule has 0 unspecified atom stereocenters. The van der Waals surface area contributed by atoms with Gasteiger partial charge in [0.25, 0.3) is 5.88 Å². The number of aromatic nitrogens is 2. The summed E-state index contributed by atoms with van der Waals surface area (Å²) in [6, 6.07) is 0. The highest BCUT2D eigenvalue weighted by atomic mass is 19.4. The molecule has 0 spiro atoms. The van der Waals surface area contributed by atoms with Crippen LogP contribution in [0.4, 0.5) is 17.6 Å². The molecule has 67 valence electrons. The second-order valence-corrected chi connectivity index (χ2v) is 1.81. The van der Waals surface area contributed by atoms with E-state index in [1.54, 1.807) is 0 Å². The summed E-state index contributed by atoms with van der Waals surface area (Å²) >= 11 is 0. The van der Waals surface area contributed by atoms with E-state index in [0.717, 1.165) is 7.11 Å². The molecule has 12 heavy (non-hydrogen) atoms. The Labute approximate surface area is 64.5 Å². The van der Waals surface area contributed by atoms with Crippen LogP contribution in [0.25, 0.3) is 0 Å². The van der Waals surface area contributed by atoms with Crippen molar-refractivity contribution in [1.29, 1.82) is 0 Å². The molecule has 0 saturated heterocycles. The number of hydrogen-bond donors (Lipinski definition) is 0. The molecule has 0 N–H and O–H groups in total. The molecule has 0 atom stereocenters. The summed E-state index contributed by atoms with van der Waals surface area (Å²) in [5.41, 5.74) is 0. The van der Waals surface area contributed by atoms with Crippen molar-refractivity contribution in [2.45, 2.75) is 6.30 Å². The van der Waals surface area contributed by atoms with Crippen LogP contribution in [0.5, 0.6) is 5.88 Å². The maximum absolute atomic E-state index is 12.4. The molecular formula is C5H3F4N2O. The first-order chi connectivity index (χ1) is 5.46. The number of hydrogen-bond acceptors (Lipinski definition) is 2. The molecule has 0 amide bonds. The van der Waals surface area contributed by atoms with Gasteiger partial charge in [0.05, 0.1) is 7.11 Å². The Morgan fingerprint density at radius 3 is 2.42 bits per heavy atom. The van der Waals surface area contributed by atoms with Crippen molar-refractivity contribution in [2.24, 2.45) is 0 Å². The Bertz CT molecular complexity index is 279. The summed E-state index contributed by atoms with van der Waals surface area (Å²) in [7, 11) is 0.913. The lowest BCUT2D eigenvalue weighted by atomic mass is 10.6. The Hall–Kier alpha value is -1.27. The zero-order valence-electron chi connectivity index (χ0n) is 5.81. The van der Waals surface area contributed by atoms with Gasteiger partial charge < -0.3 is 4.74 Å². The van der Waals surface area contributed by atoms with Gasteiger partial charge in [0.15, 0.2) is 6.20 Å². The predicted octanol–water partition coefficient (Wildman–Crippen LogP) is 1.31. The first kappa shape index (κ1) is 8.82. The molecule has 1 radical (unpaired) electrons. The second kappa shape index (κ2) is 2.65. The van der Waals surface area contributed by atoms with Gasteiger partial charge in [-0.1, -0.05) is 0 Å². The number of halogens is 4. The topological polar surface area (TPSA) is 27.1 Å². The molecule has 0 aliphatic rings. The van der Waals surface area contributed by atoms with Crippen LogP contribution < -0.4 is 4.74 Å². The van der Waals surface area contributed by atoms with Gasteiger partial charge in [-0.05, 0) is 0 Å². The Morgan fingerprint density at radius 2 is 2.08 bits per heavy atom. The third-order valence-corrected chi connectivity index (χ3v) is 1.06. The summed E-state index contributed by atoms with van der Waals surface area (Å²) < 4.78 is 51.6. The van der Waals surface area contributed by atoms with Gasteiger partial charge in [-0.25, -0.2) is 0 Å². The molecule has 1 heterocycles. The molecule has 1 aromatic heterocycles. The van der Waals surface area contributed by atoms with Crippen molar-refractivity contribution in [3.63, 3.8) is 0 Å². The third-order valence-electron chi connectivity index (χ3n) is 1.06. The summed E-state index contributed by atoms with van der Waals surface area (Å²) in [6.45, 7) is 0. The molecule has 0 saturated carbocycles. The van der Waals surface area contributed by atoms with Gasteiger partial charge in [0.2, 0.25) is 5.82 Å². The van der Waals surface area contributed by atoms with Gasteiger partial charge in [0.1, 0.15) is 0 Å². The van der Waals surface area contributed by atoms with Crippen LogP contribution in [0.15, 0.2) is 0 Å². The largest absolute Gasteiger partial charge is 0.507 e. The van der Waals surface area contributed by atoms with E-state index in [2.05, 4.69) is 9.84 Å². The summed E-state index contributed by atoms with van der Waals surface area (Å²) in [6.07, 6.45) is -3.29. The van der Waals surface area contributed by atoms with E-state index in [1.807, 2.05) is 0 Å². The summed E-state index contributed by atoms with van der Waals surface area (Å²) in [4.78, 5) is 0. The van der Waals surface area contributed by atoms with E-state index in [0.29, 0.717) is 0 Å². The number of nitrogens with zero attached hydrogens (tertiary/aromatic N) is 2. The highest BCUT2D eigenvalue weighted by Crippen LogP contribution is 2.28. The van der Waals surface area contributed by atoms with Crippen LogP contribution in [0, 0.1) is 12.0 Å². The first-order valence-electron chi connectivity index (χ1n) is 2.74. The van der Waals surface area contributed by atoms with Gasteiger partial charge in [0, 0.05) is 0 Å². The fourth-order valence-corrected chi connectivity index (χ4v) is 0.628. The maximum atomic E-state index is 12.4. The maximum Gasteiger partial charge on any atom is 0.507 e. The SMILES string of the molecule is COc1c(F)[c]nn1C(F)(F)F. The average Bonchev–Trinajstić information content (AvgIpc) is 2.29. The fraction of sp³-hybridized carbons (Fsp3) is 0.400. The summed E-state index contributed by atoms with van der Waals surface area (Å²) in [5, 5.41) is 2.62. The van der Waals surface area contributed by atoms with E-state index in [9.17, 15) is 17.6 Å². The van der Waals surface area contributed by atoms with Crippen LogP contribution in [0.2, 0.25) is 0 Å². The summed E-state index contributed by atoms with van der Waals surface area (Å²) in [5.74, 6) is -2.27. The molecule has 1 rings (SSSR count).